The molecule has 0 aromatic carbocycles. The fraction of sp³-hybridized carbons (Fsp3) is 0.154. The van der Waals surface area contributed by atoms with E-state index in [0.29, 0.717) is 5.69 Å². The second kappa shape index (κ2) is 10.2. The molecule has 17 heavy (non-hydrogen) atoms. The van der Waals surface area contributed by atoms with Crippen LogP contribution in [0.25, 0.3) is 0 Å². The average molecular weight is 313 g/mol. The number of anilines is 1. The molecule has 0 aliphatic heterocycles. The van der Waals surface area contributed by atoms with Crippen LogP contribution in [0, 0.1) is 0 Å². The Hall–Kier alpha value is -1.00. The van der Waals surface area contributed by atoms with Crippen LogP contribution in [0.15, 0.2) is 58.7 Å². The zero-order valence-corrected chi connectivity index (χ0v) is 12.3. The van der Waals surface area contributed by atoms with Gasteiger partial charge in [-0.25, -0.2) is 0 Å². The first-order chi connectivity index (χ1) is 8.10. The first kappa shape index (κ1) is 16.0. The minimum Gasteiger partial charge on any atom is -0.397 e. The standard InChI is InChI=1S/C8H11BrS.C5H6N2/c1-3-7(9)5-6-8(10)4-2;6-5-2-1-3-7-4-5/h3,5-6,10H,1,4H2,2H3;1-4H,6H2/b7-5+,8-6+;. The van der Waals surface area contributed by atoms with Gasteiger partial charge in [0, 0.05) is 16.9 Å². The predicted octanol–water partition coefficient (Wildman–Crippen LogP) is 4.34. The van der Waals surface area contributed by atoms with Gasteiger partial charge in [0.05, 0.1) is 5.69 Å². The van der Waals surface area contributed by atoms with Crippen molar-refractivity contribution in [1.82, 2.24) is 4.98 Å². The molecule has 0 saturated heterocycles. The molecule has 2 nitrogen and oxygen atoms in total. The van der Waals surface area contributed by atoms with Gasteiger partial charge in [-0.1, -0.05) is 41.6 Å². The predicted molar refractivity (Wildman–Crippen MR) is 83.2 cm³/mol. The third-order valence-electron chi connectivity index (χ3n) is 1.68. The van der Waals surface area contributed by atoms with Crippen molar-refractivity contribution in [2.75, 3.05) is 5.73 Å². The SMILES string of the molecule is C=C/C(Br)=C\C=C(\S)CC.Nc1cccnc1. The van der Waals surface area contributed by atoms with Gasteiger partial charge in [-0.15, -0.1) is 12.6 Å². The first-order valence-electron chi connectivity index (χ1n) is 5.13. The fourth-order valence-corrected chi connectivity index (χ4v) is 0.944. The number of halogens is 1. The molecule has 0 unspecified atom stereocenters. The Bertz CT molecular complexity index is 386. The molecule has 0 atom stereocenters. The molecular formula is C13H17BrN2S. The summed E-state index contributed by atoms with van der Waals surface area (Å²) in [6, 6.07) is 3.60. The van der Waals surface area contributed by atoms with Gasteiger partial charge in [-0.3, -0.25) is 4.98 Å². The zero-order valence-electron chi connectivity index (χ0n) is 9.81. The number of hydrogen-bond acceptors (Lipinski definition) is 3. The lowest BCUT2D eigenvalue weighted by Crippen LogP contribution is -1.82. The van der Waals surface area contributed by atoms with Crippen LogP contribution in [-0.2, 0) is 0 Å². The van der Waals surface area contributed by atoms with Crippen LogP contribution in [-0.4, -0.2) is 4.98 Å². The van der Waals surface area contributed by atoms with E-state index in [1.54, 1.807) is 30.6 Å². The lowest BCUT2D eigenvalue weighted by atomic mass is 10.4. The summed E-state index contributed by atoms with van der Waals surface area (Å²) in [6.45, 7) is 5.66. The summed E-state index contributed by atoms with van der Waals surface area (Å²) in [5.41, 5.74) is 6.01. The van der Waals surface area contributed by atoms with Crippen molar-refractivity contribution in [3.8, 4) is 0 Å². The third kappa shape index (κ3) is 9.90. The molecule has 0 bridgehead atoms. The molecule has 0 amide bonds. The van der Waals surface area contributed by atoms with Crippen molar-refractivity contribution in [3.63, 3.8) is 0 Å². The number of nitrogen functional groups attached to an aromatic ring is 1. The van der Waals surface area contributed by atoms with Gasteiger partial charge in [0.25, 0.3) is 0 Å². The monoisotopic (exact) mass is 312 g/mol. The fourth-order valence-electron chi connectivity index (χ4n) is 0.738. The Morgan fingerprint density at radius 3 is 2.65 bits per heavy atom. The molecule has 4 heteroatoms. The van der Waals surface area contributed by atoms with E-state index in [-0.39, 0.29) is 0 Å². The Balaban J connectivity index is 0.000000318. The zero-order chi connectivity index (χ0) is 13.1. The van der Waals surface area contributed by atoms with Crippen LogP contribution in [0.2, 0.25) is 0 Å². The highest BCUT2D eigenvalue weighted by molar-refractivity contribution is 9.11. The van der Waals surface area contributed by atoms with Crippen molar-refractivity contribution in [3.05, 3.63) is 58.7 Å². The third-order valence-corrected chi connectivity index (χ3v) is 2.73. The van der Waals surface area contributed by atoms with E-state index in [1.165, 1.54) is 0 Å². The van der Waals surface area contributed by atoms with Gasteiger partial charge in [-0.2, -0.15) is 0 Å². The highest BCUT2D eigenvalue weighted by atomic mass is 79.9. The maximum absolute atomic E-state index is 5.30. The molecule has 0 saturated carbocycles. The topological polar surface area (TPSA) is 38.9 Å². The van der Waals surface area contributed by atoms with E-state index >= 15 is 0 Å². The number of hydrogen-bond donors (Lipinski definition) is 2. The van der Waals surface area contributed by atoms with Crippen molar-refractivity contribution >= 4 is 34.2 Å². The van der Waals surface area contributed by atoms with Crippen LogP contribution in [0.3, 0.4) is 0 Å². The van der Waals surface area contributed by atoms with Crippen molar-refractivity contribution in [2.24, 2.45) is 0 Å². The van der Waals surface area contributed by atoms with E-state index < -0.39 is 0 Å². The largest absolute Gasteiger partial charge is 0.397 e. The van der Waals surface area contributed by atoms with E-state index in [9.17, 15) is 0 Å². The van der Waals surface area contributed by atoms with Crippen LogP contribution in [0.4, 0.5) is 5.69 Å². The maximum Gasteiger partial charge on any atom is 0.0500 e. The molecule has 92 valence electrons. The molecule has 2 N–H and O–H groups in total. The highest BCUT2D eigenvalue weighted by Gasteiger charge is 1.81. The van der Waals surface area contributed by atoms with Gasteiger partial charge in [0.15, 0.2) is 0 Å². The van der Waals surface area contributed by atoms with Gasteiger partial charge in [0.1, 0.15) is 0 Å². The first-order valence-corrected chi connectivity index (χ1v) is 6.37. The molecule has 0 aliphatic rings. The number of nitrogens with zero attached hydrogens (tertiary/aromatic N) is 1. The highest BCUT2D eigenvalue weighted by Crippen LogP contribution is 2.09. The quantitative estimate of drug-likeness (QED) is 0.643. The Kier molecular flexibility index (Phi) is 9.57. The number of allylic oxidation sites excluding steroid dienone is 5. The summed E-state index contributed by atoms with van der Waals surface area (Å²) in [5.74, 6) is 0. The Labute approximate surface area is 117 Å². The van der Waals surface area contributed by atoms with Crippen molar-refractivity contribution < 1.29 is 0 Å². The van der Waals surface area contributed by atoms with E-state index in [0.717, 1.165) is 15.8 Å². The lowest BCUT2D eigenvalue weighted by Gasteiger charge is -1.88. The number of nitrogens with two attached hydrogens (primary N) is 1. The van der Waals surface area contributed by atoms with Crippen LogP contribution >= 0.6 is 28.6 Å². The smallest absolute Gasteiger partial charge is 0.0500 e. The summed E-state index contributed by atoms with van der Waals surface area (Å²) in [5, 5.41) is 0. The van der Waals surface area contributed by atoms with Crippen LogP contribution < -0.4 is 5.73 Å². The minimum atomic E-state index is 0.711. The molecular weight excluding hydrogens is 296 g/mol. The van der Waals surface area contributed by atoms with Gasteiger partial charge in [-0.05, 0) is 29.5 Å². The van der Waals surface area contributed by atoms with Gasteiger partial charge < -0.3 is 5.73 Å². The van der Waals surface area contributed by atoms with Crippen LogP contribution in [0.5, 0.6) is 0 Å². The number of thiol groups is 1. The second-order valence-corrected chi connectivity index (χ2v) is 4.54. The number of pyridine rings is 1. The number of rotatable bonds is 3. The normalized spacial score (nSPS) is 11.5. The average Bonchev–Trinajstić information content (AvgIpc) is 2.37. The Morgan fingerprint density at radius 1 is 1.59 bits per heavy atom. The van der Waals surface area contributed by atoms with Crippen molar-refractivity contribution in [1.29, 1.82) is 0 Å². The summed E-state index contributed by atoms with van der Waals surface area (Å²) < 4.78 is 0.979. The summed E-state index contributed by atoms with van der Waals surface area (Å²) in [7, 11) is 0. The molecule has 0 fully saturated rings. The molecule has 0 radical (unpaired) electrons. The van der Waals surface area contributed by atoms with Gasteiger partial charge in [0.2, 0.25) is 0 Å². The second-order valence-electron chi connectivity index (χ2n) is 3.05. The van der Waals surface area contributed by atoms with E-state index in [4.69, 9.17) is 5.73 Å². The minimum absolute atomic E-state index is 0.711. The molecule has 1 aromatic rings. The number of aromatic nitrogens is 1. The molecule has 1 rings (SSSR count). The Morgan fingerprint density at radius 2 is 2.29 bits per heavy atom. The van der Waals surface area contributed by atoms with Crippen LogP contribution in [0.1, 0.15) is 13.3 Å². The molecule has 1 heterocycles. The summed E-state index contributed by atoms with van der Waals surface area (Å²) in [4.78, 5) is 4.83. The summed E-state index contributed by atoms with van der Waals surface area (Å²) in [6.07, 6.45) is 9.90. The molecule has 0 spiro atoms. The summed E-state index contributed by atoms with van der Waals surface area (Å²) >= 11 is 7.50. The lowest BCUT2D eigenvalue weighted by molar-refractivity contribution is 1.20. The molecule has 1 aromatic heterocycles. The van der Waals surface area contributed by atoms with E-state index in [2.05, 4.69) is 47.0 Å². The molecule has 0 aliphatic carbocycles. The maximum atomic E-state index is 5.30. The van der Waals surface area contributed by atoms with Crippen molar-refractivity contribution in [2.45, 2.75) is 13.3 Å². The van der Waals surface area contributed by atoms with E-state index in [1.807, 2.05) is 12.2 Å². The van der Waals surface area contributed by atoms with Gasteiger partial charge >= 0.3 is 0 Å².